The van der Waals surface area contributed by atoms with E-state index < -0.39 is 0 Å². The number of imidazole rings is 1. The lowest BCUT2D eigenvalue weighted by molar-refractivity contribution is 0.245. The highest BCUT2D eigenvalue weighted by Gasteiger charge is 2.37. The van der Waals surface area contributed by atoms with E-state index in [0.29, 0.717) is 4.75 Å². The highest BCUT2D eigenvalue weighted by atomic mass is 32.2. The highest BCUT2D eigenvalue weighted by molar-refractivity contribution is 8.00. The summed E-state index contributed by atoms with van der Waals surface area (Å²) in [4.78, 5) is 3.34. The quantitative estimate of drug-likeness (QED) is 0.804. The van der Waals surface area contributed by atoms with E-state index >= 15 is 0 Å². The Hall–Kier alpha value is -0.940. The molecule has 0 saturated heterocycles. The van der Waals surface area contributed by atoms with Gasteiger partial charge in [-0.05, 0) is 57.3 Å². The van der Waals surface area contributed by atoms with Gasteiger partial charge < -0.3 is 14.3 Å². The summed E-state index contributed by atoms with van der Waals surface area (Å²) >= 11 is 7.53. The molecule has 1 aromatic heterocycles. The third-order valence-corrected chi connectivity index (χ3v) is 6.00. The average molecular weight is 322 g/mol. The van der Waals surface area contributed by atoms with Gasteiger partial charge in [-0.15, -0.1) is 0 Å². The van der Waals surface area contributed by atoms with Crippen LogP contribution < -0.4 is 4.74 Å². The van der Waals surface area contributed by atoms with Gasteiger partial charge in [0.25, 0.3) is 0 Å². The van der Waals surface area contributed by atoms with Crippen molar-refractivity contribution in [2.75, 3.05) is 6.26 Å². The van der Waals surface area contributed by atoms with Gasteiger partial charge >= 0.3 is 0 Å². The van der Waals surface area contributed by atoms with Crippen LogP contribution in [0.3, 0.4) is 0 Å². The minimum Gasteiger partial charge on any atom is -0.489 e. The van der Waals surface area contributed by atoms with Gasteiger partial charge in [-0.3, -0.25) is 0 Å². The van der Waals surface area contributed by atoms with E-state index in [1.54, 1.807) is 0 Å². The van der Waals surface area contributed by atoms with Crippen molar-refractivity contribution < 1.29 is 4.74 Å². The van der Waals surface area contributed by atoms with Crippen LogP contribution in [-0.4, -0.2) is 26.7 Å². The maximum absolute atomic E-state index is 5.90. The Kier molecular flexibility index (Phi) is 4.06. The van der Waals surface area contributed by atoms with Gasteiger partial charge in [0.15, 0.2) is 4.77 Å². The van der Waals surface area contributed by atoms with E-state index in [1.807, 2.05) is 37.7 Å². The number of nitrogens with one attached hydrogen (secondary N) is 1. The molecule has 1 fully saturated rings. The number of hydrogen-bond donors (Lipinski definition) is 1. The van der Waals surface area contributed by atoms with Crippen LogP contribution in [0, 0.1) is 4.77 Å². The van der Waals surface area contributed by atoms with Crippen LogP contribution in [0.4, 0.5) is 0 Å². The lowest BCUT2D eigenvalue weighted by Crippen LogP contribution is -2.37. The van der Waals surface area contributed by atoms with E-state index in [2.05, 4.69) is 21.9 Å². The molecule has 0 bridgehead atoms. The van der Waals surface area contributed by atoms with Gasteiger partial charge in [-0.2, -0.15) is 11.8 Å². The fourth-order valence-corrected chi connectivity index (χ4v) is 4.17. The Morgan fingerprint density at radius 1 is 1.43 bits per heavy atom. The lowest BCUT2D eigenvalue weighted by Gasteiger charge is -2.40. The van der Waals surface area contributed by atoms with Crippen molar-refractivity contribution in [3.05, 3.63) is 23.0 Å². The van der Waals surface area contributed by atoms with Crippen LogP contribution in [-0.2, 0) is 6.54 Å². The monoisotopic (exact) mass is 322 g/mol. The number of aromatic nitrogens is 2. The molecule has 1 saturated carbocycles. The number of para-hydroxylation sites is 1. The predicted octanol–water partition coefficient (Wildman–Crippen LogP) is 4.77. The maximum Gasteiger partial charge on any atom is 0.178 e. The smallest absolute Gasteiger partial charge is 0.178 e. The van der Waals surface area contributed by atoms with Gasteiger partial charge in [0.1, 0.15) is 11.3 Å². The van der Waals surface area contributed by atoms with Crippen molar-refractivity contribution >= 4 is 35.0 Å². The van der Waals surface area contributed by atoms with Crippen LogP contribution in [0.15, 0.2) is 18.2 Å². The first kappa shape index (κ1) is 15.0. The van der Waals surface area contributed by atoms with Gasteiger partial charge in [-0.25, -0.2) is 0 Å². The third kappa shape index (κ3) is 2.73. The summed E-state index contributed by atoms with van der Waals surface area (Å²) in [5.74, 6) is 0.888. The molecular weight excluding hydrogens is 300 g/mol. The van der Waals surface area contributed by atoms with Crippen molar-refractivity contribution in [3.63, 3.8) is 0 Å². The fraction of sp³-hybridized carbons (Fsp3) is 0.562. The van der Waals surface area contributed by atoms with E-state index in [9.17, 15) is 0 Å². The van der Waals surface area contributed by atoms with Crippen LogP contribution in [0.5, 0.6) is 5.75 Å². The first-order chi connectivity index (χ1) is 10.0. The maximum atomic E-state index is 5.90. The molecule has 1 aromatic carbocycles. The van der Waals surface area contributed by atoms with Gasteiger partial charge in [0.2, 0.25) is 0 Å². The van der Waals surface area contributed by atoms with E-state index in [-0.39, 0.29) is 6.10 Å². The minimum absolute atomic E-state index is 0.157. The molecule has 3 rings (SSSR count). The predicted molar refractivity (Wildman–Crippen MR) is 93.0 cm³/mol. The molecule has 2 aromatic rings. The molecule has 0 unspecified atom stereocenters. The zero-order valence-corrected chi connectivity index (χ0v) is 14.4. The Labute approximate surface area is 135 Å². The van der Waals surface area contributed by atoms with E-state index in [0.717, 1.165) is 28.1 Å². The van der Waals surface area contributed by atoms with Crippen LogP contribution >= 0.6 is 24.0 Å². The molecule has 5 heteroatoms. The molecular formula is C16H22N2OS2. The summed E-state index contributed by atoms with van der Waals surface area (Å²) in [7, 11) is 0. The number of aromatic amines is 1. The first-order valence-corrected chi connectivity index (χ1v) is 9.11. The number of rotatable bonds is 5. The lowest BCUT2D eigenvalue weighted by atomic mass is 9.84. The second kappa shape index (κ2) is 5.69. The van der Waals surface area contributed by atoms with Crippen molar-refractivity contribution in [2.45, 2.75) is 50.5 Å². The van der Waals surface area contributed by atoms with Crippen LogP contribution in [0.1, 0.15) is 33.1 Å². The number of hydrogen-bond acceptors (Lipinski definition) is 3. The largest absolute Gasteiger partial charge is 0.489 e. The van der Waals surface area contributed by atoms with Crippen molar-refractivity contribution in [1.29, 1.82) is 0 Å². The van der Waals surface area contributed by atoms with E-state index in [1.165, 1.54) is 19.3 Å². The minimum atomic E-state index is 0.157. The summed E-state index contributed by atoms with van der Waals surface area (Å²) in [5.41, 5.74) is 2.17. The van der Waals surface area contributed by atoms with Crippen LogP contribution in [0.2, 0.25) is 0 Å². The molecule has 0 spiro atoms. The highest BCUT2D eigenvalue weighted by Crippen LogP contribution is 2.44. The Bertz CT molecular complexity index is 692. The second-order valence-corrected chi connectivity index (χ2v) is 7.73. The molecule has 1 heterocycles. The molecule has 1 N–H and O–H groups in total. The number of ether oxygens (including phenoxy) is 1. The summed E-state index contributed by atoms with van der Waals surface area (Å²) in [6.45, 7) is 5.07. The van der Waals surface area contributed by atoms with Crippen molar-refractivity contribution in [2.24, 2.45) is 0 Å². The first-order valence-electron chi connectivity index (χ1n) is 7.48. The van der Waals surface area contributed by atoms with Crippen LogP contribution in [0.25, 0.3) is 11.0 Å². The molecule has 0 atom stereocenters. The van der Waals surface area contributed by atoms with Crippen molar-refractivity contribution in [1.82, 2.24) is 9.55 Å². The van der Waals surface area contributed by atoms with Gasteiger partial charge in [0, 0.05) is 11.3 Å². The number of fused-ring (bicyclic) bond motifs is 1. The molecule has 0 aliphatic heterocycles. The topological polar surface area (TPSA) is 29.9 Å². The summed E-state index contributed by atoms with van der Waals surface area (Å²) in [5, 5.41) is 0. The number of H-pyrrole nitrogens is 1. The SMILES string of the molecule is CSC1(Cn2c(=S)[nH]c3c(OC(C)C)cccc32)CCC1. The normalized spacial score (nSPS) is 17.1. The van der Waals surface area contributed by atoms with Gasteiger partial charge in [0.05, 0.1) is 11.6 Å². The molecule has 0 radical (unpaired) electrons. The number of nitrogens with zero attached hydrogens (tertiary/aromatic N) is 1. The molecule has 1 aliphatic carbocycles. The number of thioether (sulfide) groups is 1. The van der Waals surface area contributed by atoms with Gasteiger partial charge in [-0.1, -0.05) is 12.5 Å². The Morgan fingerprint density at radius 3 is 2.76 bits per heavy atom. The standard InChI is InChI=1S/C16H22N2OS2/c1-11(2)19-13-7-4-6-12-14(13)17-15(20)18(12)10-16(21-3)8-5-9-16/h4,6-7,11H,5,8-10H2,1-3H3,(H,17,20). The zero-order valence-electron chi connectivity index (χ0n) is 12.8. The zero-order chi connectivity index (χ0) is 15.0. The molecule has 3 nitrogen and oxygen atoms in total. The summed E-state index contributed by atoms with van der Waals surface area (Å²) in [6.07, 6.45) is 6.27. The fourth-order valence-electron chi connectivity index (χ4n) is 2.95. The van der Waals surface area contributed by atoms with E-state index in [4.69, 9.17) is 17.0 Å². The molecule has 21 heavy (non-hydrogen) atoms. The summed E-state index contributed by atoms with van der Waals surface area (Å²) < 4.78 is 9.30. The average Bonchev–Trinajstić information content (AvgIpc) is 2.71. The molecule has 114 valence electrons. The Morgan fingerprint density at radius 2 is 2.19 bits per heavy atom. The Balaban J connectivity index is 2.03. The third-order valence-electron chi connectivity index (χ3n) is 4.28. The molecule has 1 aliphatic rings. The molecule has 0 amide bonds. The second-order valence-electron chi connectivity index (χ2n) is 6.07. The number of benzene rings is 1. The summed E-state index contributed by atoms with van der Waals surface area (Å²) in [6, 6.07) is 6.18. The van der Waals surface area contributed by atoms with Crippen molar-refractivity contribution in [3.8, 4) is 5.75 Å².